The molecule has 0 radical (unpaired) electrons. The Morgan fingerprint density at radius 3 is 2.45 bits per heavy atom. The molecule has 0 fully saturated rings. The maximum Gasteiger partial charge on any atom is 0.323 e. The molecule has 0 heterocycles. The van der Waals surface area contributed by atoms with Gasteiger partial charge in [-0.05, 0) is 25.1 Å². The van der Waals surface area contributed by atoms with E-state index >= 15 is 0 Å². The van der Waals surface area contributed by atoms with Crippen molar-refractivity contribution in [1.29, 1.82) is 0 Å². The van der Waals surface area contributed by atoms with E-state index in [4.69, 9.17) is 16.7 Å². The molecule has 0 saturated carbocycles. The number of carbonyl (C=O) groups is 2. The van der Waals surface area contributed by atoms with Crippen LogP contribution in [0.15, 0.2) is 24.3 Å². The van der Waals surface area contributed by atoms with E-state index in [2.05, 4.69) is 0 Å². The lowest BCUT2D eigenvalue weighted by Gasteiger charge is -2.23. The maximum atomic E-state index is 12.2. The van der Waals surface area contributed by atoms with Crippen molar-refractivity contribution < 1.29 is 23.1 Å². The second kappa shape index (κ2) is 6.23. The number of hydrogen-bond acceptors (Lipinski definition) is 4. The lowest BCUT2D eigenvalue weighted by atomic mass is 10.2. The molecule has 110 valence electrons. The van der Waals surface area contributed by atoms with Crippen LogP contribution >= 0.6 is 11.6 Å². The third-order valence-electron chi connectivity index (χ3n) is 2.67. The first kappa shape index (κ1) is 16.5. The first-order chi connectivity index (χ1) is 9.12. The van der Waals surface area contributed by atoms with Crippen molar-refractivity contribution in [2.24, 2.45) is 0 Å². The number of sulfone groups is 1. The fourth-order valence-electron chi connectivity index (χ4n) is 1.48. The van der Waals surface area contributed by atoms with Crippen molar-refractivity contribution in [3.63, 3.8) is 0 Å². The smallest absolute Gasteiger partial charge is 0.323 e. The monoisotopic (exact) mass is 319 g/mol. The van der Waals surface area contributed by atoms with Gasteiger partial charge in [0.25, 0.3) is 0 Å². The van der Waals surface area contributed by atoms with Gasteiger partial charge in [-0.1, -0.05) is 17.7 Å². The minimum absolute atomic E-state index is 0.236. The van der Waals surface area contributed by atoms with Crippen molar-refractivity contribution in [2.75, 3.05) is 17.7 Å². The zero-order chi connectivity index (χ0) is 15.5. The lowest BCUT2D eigenvalue weighted by molar-refractivity contribution is -0.136. The molecule has 0 aliphatic rings. The zero-order valence-corrected chi connectivity index (χ0v) is 12.5. The van der Waals surface area contributed by atoms with Gasteiger partial charge in [0, 0.05) is 17.0 Å². The maximum absolute atomic E-state index is 12.2. The van der Waals surface area contributed by atoms with E-state index in [9.17, 15) is 18.0 Å². The minimum atomic E-state index is -3.62. The summed E-state index contributed by atoms with van der Waals surface area (Å²) in [6, 6.07) is 6.00. The summed E-state index contributed by atoms with van der Waals surface area (Å²) in [5.41, 5.74) is 0.236. The van der Waals surface area contributed by atoms with Gasteiger partial charge in [-0.2, -0.15) is 0 Å². The zero-order valence-electron chi connectivity index (χ0n) is 10.9. The number of carboxylic acids is 1. The number of benzene rings is 1. The molecule has 1 aromatic rings. The van der Waals surface area contributed by atoms with Gasteiger partial charge in [0.2, 0.25) is 5.91 Å². The second-order valence-electron chi connectivity index (χ2n) is 4.27. The number of halogens is 1. The Hall–Kier alpha value is -1.60. The first-order valence-corrected chi connectivity index (χ1v) is 7.94. The van der Waals surface area contributed by atoms with Crippen molar-refractivity contribution in [3.8, 4) is 0 Å². The van der Waals surface area contributed by atoms with Crippen molar-refractivity contribution >= 4 is 39.0 Å². The predicted octanol–water partition coefficient (Wildman–Crippen LogP) is 1.19. The lowest BCUT2D eigenvalue weighted by Crippen LogP contribution is -2.44. The van der Waals surface area contributed by atoms with Gasteiger partial charge in [-0.15, -0.1) is 0 Å². The second-order valence-corrected chi connectivity index (χ2v) is 7.07. The summed E-state index contributed by atoms with van der Waals surface area (Å²) in [5, 5.41) is 7.86. The van der Waals surface area contributed by atoms with Gasteiger partial charge >= 0.3 is 5.97 Å². The SMILES string of the molecule is CC(C(=O)N(CC(=O)O)c1cccc(Cl)c1)S(C)(=O)=O. The van der Waals surface area contributed by atoms with Gasteiger partial charge < -0.3 is 10.0 Å². The Labute approximate surface area is 121 Å². The van der Waals surface area contributed by atoms with E-state index in [1.54, 1.807) is 12.1 Å². The molecular formula is C12H14ClNO5S. The number of nitrogens with zero attached hydrogens (tertiary/aromatic N) is 1. The van der Waals surface area contributed by atoms with Crippen molar-refractivity contribution in [2.45, 2.75) is 12.2 Å². The highest BCUT2D eigenvalue weighted by Gasteiger charge is 2.30. The van der Waals surface area contributed by atoms with Crippen LogP contribution in [0.1, 0.15) is 6.92 Å². The molecule has 1 rings (SSSR count). The highest BCUT2D eigenvalue weighted by atomic mass is 35.5. The molecule has 0 aromatic heterocycles. The van der Waals surface area contributed by atoms with Gasteiger partial charge in [0.15, 0.2) is 9.84 Å². The van der Waals surface area contributed by atoms with E-state index < -0.39 is 33.5 Å². The number of amides is 1. The quantitative estimate of drug-likeness (QED) is 0.880. The highest BCUT2D eigenvalue weighted by molar-refractivity contribution is 7.92. The van der Waals surface area contributed by atoms with Crippen LogP contribution in [0.3, 0.4) is 0 Å². The summed E-state index contributed by atoms with van der Waals surface area (Å²) in [4.78, 5) is 23.9. The highest BCUT2D eigenvalue weighted by Crippen LogP contribution is 2.21. The average Bonchev–Trinajstić information content (AvgIpc) is 2.32. The topological polar surface area (TPSA) is 91.8 Å². The Bertz CT molecular complexity index is 628. The molecule has 0 aliphatic heterocycles. The third-order valence-corrected chi connectivity index (χ3v) is 4.39. The van der Waals surface area contributed by atoms with Crippen LogP contribution in [-0.4, -0.2) is 43.5 Å². The summed E-state index contributed by atoms with van der Waals surface area (Å²) in [6.45, 7) is 0.579. The molecule has 0 aliphatic carbocycles. The largest absolute Gasteiger partial charge is 0.480 e. The molecule has 1 N–H and O–H groups in total. The van der Waals surface area contributed by atoms with Crippen LogP contribution in [0.4, 0.5) is 5.69 Å². The number of aliphatic carboxylic acids is 1. The fourth-order valence-corrected chi connectivity index (χ4v) is 2.16. The fraction of sp³-hybridized carbons (Fsp3) is 0.333. The van der Waals surface area contributed by atoms with Crippen LogP contribution in [0, 0.1) is 0 Å². The molecule has 1 aromatic carbocycles. The van der Waals surface area contributed by atoms with Gasteiger partial charge in [0.05, 0.1) is 0 Å². The summed E-state index contributed by atoms with van der Waals surface area (Å²) >= 11 is 5.80. The average molecular weight is 320 g/mol. The summed E-state index contributed by atoms with van der Waals surface area (Å²) < 4.78 is 22.9. The normalized spacial score (nSPS) is 12.8. The molecular weight excluding hydrogens is 306 g/mol. The molecule has 0 saturated heterocycles. The van der Waals surface area contributed by atoms with Crippen LogP contribution in [-0.2, 0) is 19.4 Å². The first-order valence-electron chi connectivity index (χ1n) is 5.60. The van der Waals surface area contributed by atoms with E-state index in [0.717, 1.165) is 11.2 Å². The van der Waals surface area contributed by atoms with Crippen LogP contribution in [0.25, 0.3) is 0 Å². The van der Waals surface area contributed by atoms with Crippen LogP contribution in [0.2, 0.25) is 5.02 Å². The number of carboxylic acid groups (broad SMARTS) is 1. The molecule has 1 amide bonds. The Morgan fingerprint density at radius 2 is 2.00 bits per heavy atom. The van der Waals surface area contributed by atoms with Gasteiger partial charge in [0.1, 0.15) is 11.8 Å². The minimum Gasteiger partial charge on any atom is -0.480 e. The number of rotatable bonds is 5. The van der Waals surface area contributed by atoms with E-state index in [1.165, 1.54) is 19.1 Å². The molecule has 6 nitrogen and oxygen atoms in total. The molecule has 20 heavy (non-hydrogen) atoms. The molecule has 1 atom stereocenters. The number of carbonyl (C=O) groups excluding carboxylic acids is 1. The van der Waals surface area contributed by atoms with Gasteiger partial charge in [-0.3, -0.25) is 9.59 Å². The standard InChI is InChI=1S/C12H14ClNO5S/c1-8(20(2,18)19)12(17)14(7-11(15)16)10-5-3-4-9(13)6-10/h3-6,8H,7H2,1-2H3,(H,15,16). The van der Waals surface area contributed by atoms with E-state index in [-0.39, 0.29) is 5.69 Å². The van der Waals surface area contributed by atoms with Crippen molar-refractivity contribution in [3.05, 3.63) is 29.3 Å². The summed E-state index contributed by atoms with van der Waals surface area (Å²) in [6.07, 6.45) is 0.923. The predicted molar refractivity (Wildman–Crippen MR) is 75.7 cm³/mol. The molecule has 1 unspecified atom stereocenters. The van der Waals surface area contributed by atoms with Gasteiger partial charge in [-0.25, -0.2) is 8.42 Å². The summed E-state index contributed by atoms with van der Waals surface area (Å²) in [5.74, 6) is -2.06. The Morgan fingerprint density at radius 1 is 1.40 bits per heavy atom. The molecule has 0 bridgehead atoms. The van der Waals surface area contributed by atoms with Crippen LogP contribution in [0.5, 0.6) is 0 Å². The Kier molecular flexibility index (Phi) is 5.13. The molecule has 0 spiro atoms. The summed E-state index contributed by atoms with van der Waals surface area (Å²) in [7, 11) is -3.62. The number of anilines is 1. The third kappa shape index (κ3) is 4.21. The molecule has 8 heteroatoms. The Balaban J connectivity index is 3.20. The van der Waals surface area contributed by atoms with Crippen LogP contribution < -0.4 is 4.90 Å². The van der Waals surface area contributed by atoms with E-state index in [1.807, 2.05) is 0 Å². The number of hydrogen-bond donors (Lipinski definition) is 1. The van der Waals surface area contributed by atoms with E-state index in [0.29, 0.717) is 5.02 Å². The van der Waals surface area contributed by atoms with Crippen molar-refractivity contribution in [1.82, 2.24) is 0 Å².